The van der Waals surface area contributed by atoms with Gasteiger partial charge in [0.15, 0.2) is 0 Å². The molecule has 1 aliphatic heterocycles. The largest absolute Gasteiger partial charge is 0.416 e. The Labute approximate surface area is 192 Å². The minimum absolute atomic E-state index is 0.00116. The summed E-state index contributed by atoms with van der Waals surface area (Å²) in [6, 6.07) is 4.10. The number of hydrogen-bond donors (Lipinski definition) is 1. The smallest absolute Gasteiger partial charge is 0.358 e. The second kappa shape index (κ2) is 9.08. The van der Waals surface area contributed by atoms with Gasteiger partial charge < -0.3 is 15.1 Å². The molecule has 0 bridgehead atoms. The average molecular weight is 464 g/mol. The number of benzene rings is 1. The lowest BCUT2D eigenvalue weighted by Crippen LogP contribution is -2.50. The van der Waals surface area contributed by atoms with Crippen LogP contribution in [0.3, 0.4) is 0 Å². The highest BCUT2D eigenvalue weighted by molar-refractivity contribution is 5.93. The molecule has 180 valence electrons. The lowest BCUT2D eigenvalue weighted by atomic mass is 9.81. The number of amides is 1. The second-order valence-electron chi connectivity index (χ2n) is 9.74. The van der Waals surface area contributed by atoms with E-state index in [4.69, 9.17) is 0 Å². The van der Waals surface area contributed by atoms with Gasteiger partial charge in [0.25, 0.3) is 0 Å². The van der Waals surface area contributed by atoms with Gasteiger partial charge in [0, 0.05) is 30.1 Å². The van der Waals surface area contributed by atoms with Crippen molar-refractivity contribution >= 4 is 22.6 Å². The predicted octanol–water partition coefficient (Wildman–Crippen LogP) is 4.56. The molecule has 4 rings (SSSR count). The summed E-state index contributed by atoms with van der Waals surface area (Å²) in [5.74, 6) is 0.657. The standard InChI is InChI=1S/C24H32F3N5O/c1-14(2)31(4)17-6-8-21(15(3)11-17)32-10-9-20(23(32)33)30-22-18-12-16(24(25,26)27)5-7-19(18)28-13-29-22/h5,7,12-15,17,20-21H,6,8-11H2,1-4H3,(H,28,29,30)/t15-,17-,20?,21+/m1/s1. The summed E-state index contributed by atoms with van der Waals surface area (Å²) < 4.78 is 39.6. The van der Waals surface area contributed by atoms with Crippen LogP contribution in [0.25, 0.3) is 10.9 Å². The van der Waals surface area contributed by atoms with E-state index in [2.05, 4.69) is 48.0 Å². The van der Waals surface area contributed by atoms with Crippen molar-refractivity contribution in [2.45, 2.75) is 76.8 Å². The molecule has 6 nitrogen and oxygen atoms in total. The fourth-order valence-corrected chi connectivity index (χ4v) is 5.28. The zero-order chi connectivity index (χ0) is 23.9. The van der Waals surface area contributed by atoms with Gasteiger partial charge in [-0.3, -0.25) is 4.79 Å². The van der Waals surface area contributed by atoms with Crippen molar-refractivity contribution < 1.29 is 18.0 Å². The number of hydrogen-bond acceptors (Lipinski definition) is 5. The summed E-state index contributed by atoms with van der Waals surface area (Å²) in [7, 11) is 2.17. The highest BCUT2D eigenvalue weighted by atomic mass is 19.4. The monoisotopic (exact) mass is 463 g/mol. The Balaban J connectivity index is 1.48. The fourth-order valence-electron chi connectivity index (χ4n) is 5.28. The van der Waals surface area contributed by atoms with Gasteiger partial charge >= 0.3 is 6.18 Å². The maximum Gasteiger partial charge on any atom is 0.416 e. The molecule has 0 radical (unpaired) electrons. The number of carbonyl (C=O) groups excluding carboxylic acids is 1. The third-order valence-corrected chi connectivity index (χ3v) is 7.40. The van der Waals surface area contributed by atoms with Crippen molar-refractivity contribution in [3.05, 3.63) is 30.1 Å². The van der Waals surface area contributed by atoms with Crippen molar-refractivity contribution in [1.82, 2.24) is 19.8 Å². The number of halogens is 3. The number of aromatic nitrogens is 2. The first-order valence-corrected chi connectivity index (χ1v) is 11.7. The van der Waals surface area contributed by atoms with Crippen LogP contribution in [0, 0.1) is 5.92 Å². The molecule has 2 aromatic rings. The van der Waals surface area contributed by atoms with Crippen molar-refractivity contribution in [3.8, 4) is 0 Å². The minimum Gasteiger partial charge on any atom is -0.358 e. The average Bonchev–Trinajstić information content (AvgIpc) is 3.12. The molecule has 2 fully saturated rings. The van der Waals surface area contributed by atoms with E-state index in [0.29, 0.717) is 36.5 Å². The zero-order valence-electron chi connectivity index (χ0n) is 19.6. The number of rotatable bonds is 5. The van der Waals surface area contributed by atoms with Crippen molar-refractivity contribution in [2.24, 2.45) is 5.92 Å². The van der Waals surface area contributed by atoms with Crippen molar-refractivity contribution in [2.75, 3.05) is 18.9 Å². The Bertz CT molecular complexity index is 1010. The number of nitrogens with zero attached hydrogens (tertiary/aromatic N) is 4. The summed E-state index contributed by atoms with van der Waals surface area (Å²) >= 11 is 0. The maximum atomic E-state index is 13.3. The molecular formula is C24H32F3N5O. The van der Waals surface area contributed by atoms with Gasteiger partial charge in [0.1, 0.15) is 18.2 Å². The number of anilines is 1. The summed E-state index contributed by atoms with van der Waals surface area (Å²) in [5.41, 5.74) is -0.354. The van der Waals surface area contributed by atoms with E-state index in [1.54, 1.807) is 0 Å². The third-order valence-electron chi connectivity index (χ3n) is 7.40. The zero-order valence-corrected chi connectivity index (χ0v) is 19.6. The third kappa shape index (κ3) is 4.78. The Kier molecular flexibility index (Phi) is 6.53. The molecule has 1 unspecified atom stereocenters. The van der Waals surface area contributed by atoms with Crippen LogP contribution < -0.4 is 5.32 Å². The second-order valence-corrected chi connectivity index (χ2v) is 9.74. The molecule has 4 atom stereocenters. The molecule has 9 heteroatoms. The lowest BCUT2D eigenvalue weighted by molar-refractivity contribution is -0.137. The quantitative estimate of drug-likeness (QED) is 0.705. The molecule has 2 heterocycles. The molecule has 1 aromatic heterocycles. The summed E-state index contributed by atoms with van der Waals surface area (Å²) in [4.78, 5) is 25.9. The highest BCUT2D eigenvalue weighted by Gasteiger charge is 2.41. The van der Waals surface area contributed by atoms with Crippen LogP contribution in [0.1, 0.15) is 52.0 Å². The fraction of sp³-hybridized carbons (Fsp3) is 0.625. The van der Waals surface area contributed by atoms with Crippen LogP contribution in [-0.2, 0) is 11.0 Å². The Morgan fingerprint density at radius 2 is 1.94 bits per heavy atom. The Morgan fingerprint density at radius 1 is 1.18 bits per heavy atom. The first-order chi connectivity index (χ1) is 15.6. The molecule has 1 aromatic carbocycles. The Hall–Kier alpha value is -2.42. The van der Waals surface area contributed by atoms with E-state index in [-0.39, 0.29) is 23.2 Å². The highest BCUT2D eigenvalue weighted by Crippen LogP contribution is 2.35. The van der Waals surface area contributed by atoms with Crippen molar-refractivity contribution in [1.29, 1.82) is 0 Å². The van der Waals surface area contributed by atoms with Crippen LogP contribution in [0.15, 0.2) is 24.5 Å². The molecular weight excluding hydrogens is 431 g/mol. The van der Waals surface area contributed by atoms with E-state index in [0.717, 1.165) is 31.4 Å². The first-order valence-electron chi connectivity index (χ1n) is 11.7. The number of fused-ring (bicyclic) bond motifs is 1. The van der Waals surface area contributed by atoms with Crippen LogP contribution in [0.5, 0.6) is 0 Å². The van der Waals surface area contributed by atoms with Gasteiger partial charge in [0.2, 0.25) is 5.91 Å². The SMILES string of the molecule is CC(C)N(C)[C@@H]1CC[C@H](N2CCC(Nc3ncnc4ccc(C(F)(F)F)cc34)C2=O)[C@H](C)C1. The normalized spacial score (nSPS) is 26.6. The topological polar surface area (TPSA) is 61.4 Å². The van der Waals surface area contributed by atoms with Crippen LogP contribution >= 0.6 is 0 Å². The molecule has 1 saturated heterocycles. The molecule has 0 spiro atoms. The van der Waals surface area contributed by atoms with E-state index < -0.39 is 17.8 Å². The van der Waals surface area contributed by atoms with Crippen molar-refractivity contribution in [3.63, 3.8) is 0 Å². The first kappa shape index (κ1) is 23.7. The number of carbonyl (C=O) groups is 1. The van der Waals surface area contributed by atoms with E-state index in [9.17, 15) is 18.0 Å². The number of likely N-dealkylation sites (tertiary alicyclic amines) is 1. The van der Waals surface area contributed by atoms with Gasteiger partial charge in [-0.25, -0.2) is 9.97 Å². The molecule has 33 heavy (non-hydrogen) atoms. The van der Waals surface area contributed by atoms with Gasteiger partial charge in [-0.2, -0.15) is 13.2 Å². The van der Waals surface area contributed by atoms with Gasteiger partial charge in [0.05, 0.1) is 11.1 Å². The van der Waals surface area contributed by atoms with Gasteiger partial charge in [-0.15, -0.1) is 0 Å². The van der Waals surface area contributed by atoms with Gasteiger partial charge in [-0.1, -0.05) is 6.92 Å². The molecule has 1 N–H and O–H groups in total. The van der Waals surface area contributed by atoms with Gasteiger partial charge in [-0.05, 0) is 70.7 Å². The lowest BCUT2D eigenvalue weighted by Gasteiger charge is -2.43. The summed E-state index contributed by atoms with van der Waals surface area (Å²) in [6.07, 6.45) is 0.526. The number of nitrogens with one attached hydrogen (secondary N) is 1. The van der Waals surface area contributed by atoms with E-state index in [1.807, 2.05) is 4.90 Å². The predicted molar refractivity (Wildman–Crippen MR) is 122 cm³/mol. The number of alkyl halides is 3. The Morgan fingerprint density at radius 3 is 2.61 bits per heavy atom. The molecule has 1 saturated carbocycles. The van der Waals surface area contributed by atoms with Crippen LogP contribution in [0.4, 0.5) is 19.0 Å². The molecule has 1 amide bonds. The maximum absolute atomic E-state index is 13.3. The summed E-state index contributed by atoms with van der Waals surface area (Å²) in [5, 5.41) is 3.39. The van der Waals surface area contributed by atoms with Crippen LogP contribution in [0.2, 0.25) is 0 Å². The van der Waals surface area contributed by atoms with Crippen LogP contribution in [-0.4, -0.2) is 63.4 Å². The van der Waals surface area contributed by atoms with E-state index in [1.165, 1.54) is 12.4 Å². The molecule has 2 aliphatic rings. The summed E-state index contributed by atoms with van der Waals surface area (Å²) in [6.45, 7) is 7.26. The molecule has 1 aliphatic carbocycles. The van der Waals surface area contributed by atoms with E-state index >= 15 is 0 Å². The minimum atomic E-state index is -4.46.